The normalized spacial score (nSPS) is 13.5. The summed E-state index contributed by atoms with van der Waals surface area (Å²) < 4.78 is 38.0. The molecule has 1 aromatic rings. The predicted octanol–water partition coefficient (Wildman–Crippen LogP) is 3.85. The number of aryl methyl sites for hydroxylation is 1. The predicted molar refractivity (Wildman–Crippen MR) is 62.8 cm³/mol. The van der Waals surface area contributed by atoms with Crippen molar-refractivity contribution in [2.45, 2.75) is 25.6 Å². The minimum absolute atomic E-state index is 0.131. The molecule has 0 fully saturated rings. The fourth-order valence-electron chi connectivity index (χ4n) is 1.76. The van der Waals surface area contributed by atoms with Crippen molar-refractivity contribution in [1.82, 2.24) is 5.32 Å². The van der Waals surface area contributed by atoms with E-state index >= 15 is 0 Å². The van der Waals surface area contributed by atoms with E-state index in [1.165, 1.54) is 6.07 Å². The Morgan fingerprint density at radius 2 is 2.00 bits per heavy atom. The molecule has 0 aliphatic carbocycles. The highest BCUT2D eigenvalue weighted by molar-refractivity contribution is 5.33. The van der Waals surface area contributed by atoms with Gasteiger partial charge in [-0.25, -0.2) is 0 Å². The van der Waals surface area contributed by atoms with Gasteiger partial charge in [-0.05, 0) is 38.1 Å². The van der Waals surface area contributed by atoms with Crippen molar-refractivity contribution >= 4 is 0 Å². The summed E-state index contributed by atoms with van der Waals surface area (Å²) >= 11 is 0. The van der Waals surface area contributed by atoms with Crippen LogP contribution in [0.25, 0.3) is 0 Å². The topological polar surface area (TPSA) is 12.0 Å². The average Bonchev–Trinajstić information content (AvgIpc) is 2.23. The molecule has 0 aliphatic rings. The van der Waals surface area contributed by atoms with Crippen LogP contribution < -0.4 is 5.32 Å². The maximum absolute atomic E-state index is 12.7. The summed E-state index contributed by atoms with van der Waals surface area (Å²) in [6.45, 7) is 5.27. The molecule has 1 rings (SSSR count). The Hall–Kier alpha value is -1.29. The molecule has 0 amide bonds. The van der Waals surface area contributed by atoms with E-state index in [0.717, 1.165) is 6.07 Å². The third-order valence-corrected chi connectivity index (χ3v) is 2.58. The lowest BCUT2D eigenvalue weighted by Gasteiger charge is -2.17. The van der Waals surface area contributed by atoms with E-state index in [0.29, 0.717) is 17.5 Å². The van der Waals surface area contributed by atoms with Gasteiger partial charge in [-0.1, -0.05) is 17.7 Å². The van der Waals surface area contributed by atoms with E-state index in [1.807, 2.05) is 0 Å². The lowest BCUT2D eigenvalue weighted by Crippen LogP contribution is -2.17. The fraction of sp³-hybridized carbons (Fsp3) is 0.385. The quantitative estimate of drug-likeness (QED) is 0.792. The Bertz CT molecular complexity index is 396. The first-order chi connectivity index (χ1) is 7.88. The minimum atomic E-state index is -4.30. The van der Waals surface area contributed by atoms with Crippen LogP contribution in [0.15, 0.2) is 30.9 Å². The minimum Gasteiger partial charge on any atom is -0.313 e. The highest BCUT2D eigenvalue weighted by atomic mass is 19.4. The average molecular weight is 243 g/mol. The molecule has 1 aromatic carbocycles. The molecular weight excluding hydrogens is 227 g/mol. The van der Waals surface area contributed by atoms with Crippen LogP contribution in [0.5, 0.6) is 0 Å². The molecule has 17 heavy (non-hydrogen) atoms. The zero-order chi connectivity index (χ0) is 13.1. The first-order valence-corrected chi connectivity index (χ1v) is 5.35. The van der Waals surface area contributed by atoms with Gasteiger partial charge in [0.2, 0.25) is 0 Å². The number of nitrogens with one attached hydrogen (secondary N) is 1. The maximum atomic E-state index is 12.7. The molecule has 0 saturated carbocycles. The molecule has 4 heteroatoms. The third-order valence-electron chi connectivity index (χ3n) is 2.58. The Balaban J connectivity index is 3.16. The van der Waals surface area contributed by atoms with E-state index in [4.69, 9.17) is 0 Å². The molecule has 1 nitrogen and oxygen atoms in total. The van der Waals surface area contributed by atoms with Crippen molar-refractivity contribution in [3.05, 3.63) is 47.5 Å². The molecule has 1 atom stereocenters. The zero-order valence-corrected chi connectivity index (χ0v) is 9.93. The van der Waals surface area contributed by atoms with E-state index in [9.17, 15) is 13.2 Å². The van der Waals surface area contributed by atoms with Gasteiger partial charge in [0.05, 0.1) is 5.56 Å². The largest absolute Gasteiger partial charge is 0.416 e. The molecule has 0 aliphatic heterocycles. The molecule has 0 bridgehead atoms. The SMILES string of the molecule is C=CCC(NC)c1cc(C)cc(C(F)(F)F)c1. The van der Waals surface area contributed by atoms with Crippen molar-refractivity contribution in [1.29, 1.82) is 0 Å². The van der Waals surface area contributed by atoms with Crippen molar-refractivity contribution < 1.29 is 13.2 Å². The molecular formula is C13H16F3N. The van der Waals surface area contributed by atoms with Gasteiger partial charge < -0.3 is 5.32 Å². The summed E-state index contributed by atoms with van der Waals surface area (Å²) in [5.74, 6) is 0. The number of hydrogen-bond donors (Lipinski definition) is 1. The molecule has 1 N–H and O–H groups in total. The van der Waals surface area contributed by atoms with Gasteiger partial charge in [-0.15, -0.1) is 6.58 Å². The van der Waals surface area contributed by atoms with Crippen LogP contribution in [0.4, 0.5) is 13.2 Å². The zero-order valence-electron chi connectivity index (χ0n) is 9.93. The second-order valence-corrected chi connectivity index (χ2v) is 4.00. The Morgan fingerprint density at radius 3 is 2.47 bits per heavy atom. The van der Waals surface area contributed by atoms with Crippen LogP contribution in [0.1, 0.15) is 29.2 Å². The standard InChI is InChI=1S/C13H16F3N/c1-4-5-12(17-3)10-6-9(2)7-11(8-10)13(14,15)16/h4,6-8,12,17H,1,5H2,2-3H3. The van der Waals surface area contributed by atoms with Crippen LogP contribution in [-0.2, 0) is 6.18 Å². The molecule has 0 spiro atoms. The summed E-state index contributed by atoms with van der Waals surface area (Å²) in [7, 11) is 1.73. The van der Waals surface area contributed by atoms with Crippen LogP contribution in [0.3, 0.4) is 0 Å². The number of rotatable bonds is 4. The summed E-state index contributed by atoms with van der Waals surface area (Å²) in [5.41, 5.74) is 0.649. The highest BCUT2D eigenvalue weighted by Crippen LogP contribution is 2.32. The Morgan fingerprint density at radius 1 is 1.35 bits per heavy atom. The van der Waals surface area contributed by atoms with Crippen molar-refractivity contribution in [2.24, 2.45) is 0 Å². The molecule has 0 aromatic heterocycles. The Kier molecular flexibility index (Phi) is 4.34. The summed E-state index contributed by atoms with van der Waals surface area (Å²) in [6.07, 6.45) is -2.01. The van der Waals surface area contributed by atoms with Gasteiger partial charge in [0.15, 0.2) is 0 Å². The summed E-state index contributed by atoms with van der Waals surface area (Å²) in [5, 5.41) is 2.99. The molecule has 0 saturated heterocycles. The summed E-state index contributed by atoms with van der Waals surface area (Å²) in [6, 6.07) is 3.98. The van der Waals surface area contributed by atoms with Crippen molar-refractivity contribution in [3.63, 3.8) is 0 Å². The van der Waals surface area contributed by atoms with Gasteiger partial charge in [-0.3, -0.25) is 0 Å². The molecule has 94 valence electrons. The number of alkyl halides is 3. The van der Waals surface area contributed by atoms with E-state index < -0.39 is 11.7 Å². The van der Waals surface area contributed by atoms with E-state index in [1.54, 1.807) is 26.1 Å². The van der Waals surface area contributed by atoms with Gasteiger partial charge in [0.1, 0.15) is 0 Å². The van der Waals surface area contributed by atoms with Crippen LogP contribution >= 0.6 is 0 Å². The van der Waals surface area contributed by atoms with E-state index in [-0.39, 0.29) is 6.04 Å². The third kappa shape index (κ3) is 3.60. The lowest BCUT2D eigenvalue weighted by atomic mass is 9.98. The lowest BCUT2D eigenvalue weighted by molar-refractivity contribution is -0.137. The number of benzene rings is 1. The fourth-order valence-corrected chi connectivity index (χ4v) is 1.76. The number of hydrogen-bond acceptors (Lipinski definition) is 1. The van der Waals surface area contributed by atoms with Crippen molar-refractivity contribution in [2.75, 3.05) is 7.05 Å². The van der Waals surface area contributed by atoms with E-state index in [2.05, 4.69) is 11.9 Å². The first-order valence-electron chi connectivity index (χ1n) is 5.35. The summed E-state index contributed by atoms with van der Waals surface area (Å²) in [4.78, 5) is 0. The van der Waals surface area contributed by atoms with Crippen LogP contribution in [0.2, 0.25) is 0 Å². The van der Waals surface area contributed by atoms with Gasteiger partial charge >= 0.3 is 6.18 Å². The first kappa shape index (κ1) is 13.8. The second-order valence-electron chi connectivity index (χ2n) is 4.00. The monoisotopic (exact) mass is 243 g/mol. The van der Waals surface area contributed by atoms with Crippen molar-refractivity contribution in [3.8, 4) is 0 Å². The van der Waals surface area contributed by atoms with Gasteiger partial charge in [0, 0.05) is 6.04 Å². The Labute approximate surface area is 99.3 Å². The maximum Gasteiger partial charge on any atom is 0.416 e. The van der Waals surface area contributed by atoms with Crippen LogP contribution in [-0.4, -0.2) is 7.05 Å². The highest BCUT2D eigenvalue weighted by Gasteiger charge is 2.31. The molecule has 0 heterocycles. The second kappa shape index (κ2) is 5.36. The molecule has 1 unspecified atom stereocenters. The number of halogens is 3. The molecule has 0 radical (unpaired) electrons. The van der Waals surface area contributed by atoms with Gasteiger partial charge in [-0.2, -0.15) is 13.2 Å². The smallest absolute Gasteiger partial charge is 0.313 e. The van der Waals surface area contributed by atoms with Crippen LogP contribution in [0, 0.1) is 6.92 Å². The van der Waals surface area contributed by atoms with Gasteiger partial charge in [0.25, 0.3) is 0 Å².